The molecule has 2 N–H and O–H groups in total. The minimum Gasteiger partial charge on any atom is -0.467 e. The van der Waals surface area contributed by atoms with Gasteiger partial charge in [-0.15, -0.1) is 11.3 Å². The van der Waals surface area contributed by atoms with E-state index in [1.165, 1.54) is 24.5 Å². The van der Waals surface area contributed by atoms with Crippen molar-refractivity contribution in [2.45, 2.75) is 46.3 Å². The molecule has 0 radical (unpaired) electrons. The van der Waals surface area contributed by atoms with Crippen LogP contribution < -0.4 is 10.6 Å². The predicted octanol–water partition coefficient (Wildman–Crippen LogP) is 3.17. The van der Waals surface area contributed by atoms with Crippen molar-refractivity contribution in [3.8, 4) is 0 Å². The van der Waals surface area contributed by atoms with Crippen LogP contribution in [0.2, 0.25) is 0 Å². The van der Waals surface area contributed by atoms with E-state index in [1.54, 1.807) is 19.1 Å². The normalized spacial score (nSPS) is 14.5. The standard InChI is InChI=1S/C19H22N2O5S/c1-10-12(3)27-18(21-17(23)13-6-7-13)15(10)19(24)26-11(2)16(22)20-9-14-5-4-8-25-14/h4-5,8,11,13H,6-7,9H2,1-3H3,(H,20,22)(H,21,23). The summed E-state index contributed by atoms with van der Waals surface area (Å²) in [4.78, 5) is 37.8. The maximum absolute atomic E-state index is 12.6. The fourth-order valence-corrected chi connectivity index (χ4v) is 3.58. The van der Waals surface area contributed by atoms with E-state index < -0.39 is 18.0 Å². The third-order valence-electron chi connectivity index (χ3n) is 4.44. The highest BCUT2D eigenvalue weighted by atomic mass is 32.1. The summed E-state index contributed by atoms with van der Waals surface area (Å²) in [5.41, 5.74) is 1.07. The van der Waals surface area contributed by atoms with Gasteiger partial charge in [0.05, 0.1) is 18.4 Å². The van der Waals surface area contributed by atoms with E-state index in [0.717, 1.165) is 23.3 Å². The summed E-state index contributed by atoms with van der Waals surface area (Å²) >= 11 is 1.34. The van der Waals surface area contributed by atoms with Gasteiger partial charge >= 0.3 is 5.97 Å². The lowest BCUT2D eigenvalue weighted by Crippen LogP contribution is -2.35. The van der Waals surface area contributed by atoms with Crippen molar-refractivity contribution in [1.82, 2.24) is 5.32 Å². The van der Waals surface area contributed by atoms with Gasteiger partial charge in [0.1, 0.15) is 10.8 Å². The van der Waals surface area contributed by atoms with E-state index in [4.69, 9.17) is 9.15 Å². The molecule has 1 atom stereocenters. The average Bonchev–Trinajstić information content (AvgIpc) is 3.28. The number of furan rings is 1. The molecular formula is C19H22N2O5S. The van der Waals surface area contributed by atoms with Gasteiger partial charge < -0.3 is 19.8 Å². The second kappa shape index (κ2) is 7.96. The zero-order valence-electron chi connectivity index (χ0n) is 15.5. The van der Waals surface area contributed by atoms with Crippen molar-refractivity contribution in [3.63, 3.8) is 0 Å². The van der Waals surface area contributed by atoms with Crippen molar-refractivity contribution in [2.24, 2.45) is 5.92 Å². The van der Waals surface area contributed by atoms with Crippen LogP contribution in [-0.2, 0) is 20.9 Å². The van der Waals surface area contributed by atoms with Crippen LogP contribution in [0.4, 0.5) is 5.00 Å². The molecule has 0 aliphatic heterocycles. The summed E-state index contributed by atoms with van der Waals surface area (Å²) in [5, 5.41) is 5.96. The Labute approximate surface area is 161 Å². The van der Waals surface area contributed by atoms with Crippen LogP contribution in [0.1, 0.15) is 46.3 Å². The van der Waals surface area contributed by atoms with Crippen LogP contribution in [0.25, 0.3) is 0 Å². The lowest BCUT2D eigenvalue weighted by molar-refractivity contribution is -0.129. The molecule has 27 heavy (non-hydrogen) atoms. The topological polar surface area (TPSA) is 97.6 Å². The average molecular weight is 390 g/mol. The zero-order valence-corrected chi connectivity index (χ0v) is 16.3. The number of ether oxygens (including phenoxy) is 1. The van der Waals surface area contributed by atoms with E-state index in [-0.39, 0.29) is 18.4 Å². The monoisotopic (exact) mass is 390 g/mol. The van der Waals surface area contributed by atoms with Crippen LogP contribution in [0.15, 0.2) is 22.8 Å². The molecule has 1 aliphatic carbocycles. The Balaban J connectivity index is 1.64. The van der Waals surface area contributed by atoms with Gasteiger partial charge in [-0.2, -0.15) is 0 Å². The molecule has 2 aromatic heterocycles. The number of aryl methyl sites for hydroxylation is 1. The minimum atomic E-state index is -0.973. The first-order valence-electron chi connectivity index (χ1n) is 8.78. The van der Waals surface area contributed by atoms with E-state index in [9.17, 15) is 14.4 Å². The SMILES string of the molecule is Cc1sc(NC(=O)C2CC2)c(C(=O)OC(C)C(=O)NCc2ccco2)c1C. The second-order valence-electron chi connectivity index (χ2n) is 6.60. The Morgan fingerprint density at radius 1 is 1.33 bits per heavy atom. The number of rotatable bonds is 7. The molecule has 144 valence electrons. The number of anilines is 1. The second-order valence-corrected chi connectivity index (χ2v) is 7.82. The predicted molar refractivity (Wildman–Crippen MR) is 101 cm³/mol. The molecule has 0 aromatic carbocycles. The molecule has 1 aliphatic rings. The fraction of sp³-hybridized carbons (Fsp3) is 0.421. The summed E-state index contributed by atoms with van der Waals surface area (Å²) in [5.74, 6) is -0.481. The number of esters is 1. The number of hydrogen-bond donors (Lipinski definition) is 2. The van der Waals surface area contributed by atoms with Crippen molar-refractivity contribution < 1.29 is 23.5 Å². The Hall–Kier alpha value is -2.61. The number of amides is 2. The Morgan fingerprint density at radius 2 is 2.07 bits per heavy atom. The molecule has 3 rings (SSSR count). The van der Waals surface area contributed by atoms with Crippen LogP contribution in [0, 0.1) is 19.8 Å². The number of nitrogens with one attached hydrogen (secondary N) is 2. The van der Waals surface area contributed by atoms with Crippen LogP contribution in [0.5, 0.6) is 0 Å². The molecule has 1 saturated carbocycles. The molecule has 2 heterocycles. The maximum Gasteiger partial charge on any atom is 0.342 e. The summed E-state index contributed by atoms with van der Waals surface area (Å²) in [6.07, 6.45) is 2.30. The summed E-state index contributed by atoms with van der Waals surface area (Å²) in [6, 6.07) is 3.47. The first kappa shape index (κ1) is 19.2. The molecular weight excluding hydrogens is 368 g/mol. The Kier molecular flexibility index (Phi) is 5.65. The van der Waals surface area contributed by atoms with Gasteiger partial charge in [0, 0.05) is 10.8 Å². The molecule has 0 saturated heterocycles. The number of carbonyl (C=O) groups is 3. The third-order valence-corrected chi connectivity index (χ3v) is 5.57. The van der Waals surface area contributed by atoms with E-state index in [0.29, 0.717) is 16.3 Å². The quantitative estimate of drug-likeness (QED) is 0.708. The van der Waals surface area contributed by atoms with Gasteiger partial charge in [-0.1, -0.05) is 0 Å². The molecule has 2 amide bonds. The van der Waals surface area contributed by atoms with Gasteiger partial charge in [0.25, 0.3) is 5.91 Å². The largest absolute Gasteiger partial charge is 0.467 e. The molecule has 2 aromatic rings. The molecule has 8 heteroatoms. The summed E-state index contributed by atoms with van der Waals surface area (Å²) in [6.45, 7) is 5.40. The highest BCUT2D eigenvalue weighted by Gasteiger charge is 2.32. The van der Waals surface area contributed by atoms with Gasteiger partial charge in [0.15, 0.2) is 6.10 Å². The highest BCUT2D eigenvalue weighted by molar-refractivity contribution is 7.16. The van der Waals surface area contributed by atoms with Crippen molar-refractivity contribution in [2.75, 3.05) is 5.32 Å². The van der Waals surface area contributed by atoms with Gasteiger partial charge in [-0.3, -0.25) is 9.59 Å². The van der Waals surface area contributed by atoms with E-state index >= 15 is 0 Å². The molecule has 0 spiro atoms. The molecule has 1 unspecified atom stereocenters. The van der Waals surface area contributed by atoms with Crippen LogP contribution >= 0.6 is 11.3 Å². The molecule has 7 nitrogen and oxygen atoms in total. The van der Waals surface area contributed by atoms with Gasteiger partial charge in [-0.05, 0) is 51.3 Å². The van der Waals surface area contributed by atoms with E-state index in [1.807, 2.05) is 6.92 Å². The molecule has 0 bridgehead atoms. The first-order valence-corrected chi connectivity index (χ1v) is 9.60. The Morgan fingerprint density at radius 3 is 2.70 bits per heavy atom. The number of hydrogen-bond acceptors (Lipinski definition) is 6. The fourth-order valence-electron chi connectivity index (χ4n) is 2.52. The third kappa shape index (κ3) is 4.57. The van der Waals surface area contributed by atoms with Crippen molar-refractivity contribution >= 4 is 34.1 Å². The maximum atomic E-state index is 12.6. The number of thiophene rings is 1. The van der Waals surface area contributed by atoms with Crippen LogP contribution in [0.3, 0.4) is 0 Å². The van der Waals surface area contributed by atoms with Crippen molar-refractivity contribution in [3.05, 3.63) is 40.2 Å². The first-order chi connectivity index (χ1) is 12.9. The highest BCUT2D eigenvalue weighted by Crippen LogP contribution is 2.36. The molecule has 1 fully saturated rings. The van der Waals surface area contributed by atoms with Gasteiger partial charge in [0.2, 0.25) is 5.91 Å². The van der Waals surface area contributed by atoms with Crippen LogP contribution in [-0.4, -0.2) is 23.9 Å². The van der Waals surface area contributed by atoms with E-state index in [2.05, 4.69) is 10.6 Å². The van der Waals surface area contributed by atoms with Gasteiger partial charge in [-0.25, -0.2) is 4.79 Å². The zero-order chi connectivity index (χ0) is 19.6. The smallest absolute Gasteiger partial charge is 0.342 e. The number of carbonyl (C=O) groups excluding carboxylic acids is 3. The Bertz CT molecular complexity index is 852. The summed E-state index contributed by atoms with van der Waals surface area (Å²) < 4.78 is 10.5. The van der Waals surface area contributed by atoms with Crippen molar-refractivity contribution in [1.29, 1.82) is 0 Å². The lowest BCUT2D eigenvalue weighted by atomic mass is 10.1. The minimum absolute atomic E-state index is 0.0304. The lowest BCUT2D eigenvalue weighted by Gasteiger charge is -2.14. The summed E-state index contributed by atoms with van der Waals surface area (Å²) in [7, 11) is 0.